The van der Waals surface area contributed by atoms with Gasteiger partial charge in [0.15, 0.2) is 11.5 Å². The second-order valence-corrected chi connectivity index (χ2v) is 4.81. The fraction of sp³-hybridized carbons (Fsp3) is 0.250. The molecule has 1 aliphatic heterocycles. The Labute approximate surface area is 113 Å². The van der Waals surface area contributed by atoms with Crippen LogP contribution in [0.2, 0.25) is 0 Å². The maximum Gasteiger partial charge on any atom is 0.231 e. The van der Waals surface area contributed by atoms with Gasteiger partial charge in [0.25, 0.3) is 0 Å². The number of hydrogen-bond acceptors (Lipinski definition) is 2. The Balaban J connectivity index is 1.59. The second-order valence-electron chi connectivity index (χ2n) is 4.81. The summed E-state index contributed by atoms with van der Waals surface area (Å²) in [6.07, 6.45) is 0. The minimum absolute atomic E-state index is 0.339. The van der Waals surface area contributed by atoms with Gasteiger partial charge in [-0.2, -0.15) is 0 Å². The van der Waals surface area contributed by atoms with Crippen LogP contribution in [0.1, 0.15) is 16.7 Å². The van der Waals surface area contributed by atoms with Crippen LogP contribution in [-0.2, 0) is 13.1 Å². The molecule has 3 nitrogen and oxygen atoms in total. The van der Waals surface area contributed by atoms with E-state index in [9.17, 15) is 0 Å². The van der Waals surface area contributed by atoms with E-state index in [0.717, 1.165) is 24.6 Å². The molecule has 0 fully saturated rings. The lowest BCUT2D eigenvalue weighted by Gasteiger charge is -2.05. The van der Waals surface area contributed by atoms with Gasteiger partial charge in [-0.15, -0.1) is 0 Å². The Morgan fingerprint density at radius 2 is 1.84 bits per heavy atom. The fourth-order valence-corrected chi connectivity index (χ4v) is 2.30. The van der Waals surface area contributed by atoms with Gasteiger partial charge in [0.2, 0.25) is 6.79 Å². The highest BCUT2D eigenvalue weighted by Gasteiger charge is 2.13. The summed E-state index contributed by atoms with van der Waals surface area (Å²) >= 11 is 0. The van der Waals surface area contributed by atoms with Crippen LogP contribution in [0.25, 0.3) is 0 Å². The van der Waals surface area contributed by atoms with Crippen molar-refractivity contribution in [2.45, 2.75) is 20.0 Å². The molecule has 0 spiro atoms. The molecule has 0 unspecified atom stereocenters. The summed E-state index contributed by atoms with van der Waals surface area (Å²) in [5, 5.41) is 2.31. The van der Waals surface area contributed by atoms with E-state index in [0.29, 0.717) is 6.79 Å². The zero-order valence-electron chi connectivity index (χ0n) is 11.1. The number of fused-ring (bicyclic) bond motifs is 1. The van der Waals surface area contributed by atoms with Crippen molar-refractivity contribution in [2.75, 3.05) is 6.79 Å². The Kier molecular flexibility index (Phi) is 3.38. The third-order valence-corrected chi connectivity index (χ3v) is 3.44. The Hall–Kier alpha value is -2.00. The van der Waals surface area contributed by atoms with E-state index < -0.39 is 0 Å². The van der Waals surface area contributed by atoms with E-state index in [-0.39, 0.29) is 0 Å². The third kappa shape index (κ3) is 2.71. The molecule has 0 saturated carbocycles. The highest BCUT2D eigenvalue weighted by Crippen LogP contribution is 2.32. The van der Waals surface area contributed by atoms with E-state index in [1.54, 1.807) is 0 Å². The largest absolute Gasteiger partial charge is 0.454 e. The minimum Gasteiger partial charge on any atom is -0.454 e. The summed E-state index contributed by atoms with van der Waals surface area (Å²) in [4.78, 5) is 0. The van der Waals surface area contributed by atoms with Crippen molar-refractivity contribution in [3.8, 4) is 11.5 Å². The summed E-state index contributed by atoms with van der Waals surface area (Å²) in [5.41, 5.74) is 4.01. The van der Waals surface area contributed by atoms with Gasteiger partial charge >= 0.3 is 0 Å². The van der Waals surface area contributed by atoms with Gasteiger partial charge in [0, 0.05) is 11.1 Å². The molecule has 1 aliphatic rings. The van der Waals surface area contributed by atoms with Crippen molar-refractivity contribution in [3.63, 3.8) is 0 Å². The van der Waals surface area contributed by atoms with Gasteiger partial charge in [-0.1, -0.05) is 24.3 Å². The average molecular weight is 256 g/mol. The molecule has 2 aromatic rings. The summed E-state index contributed by atoms with van der Waals surface area (Å²) in [6, 6.07) is 14.7. The summed E-state index contributed by atoms with van der Waals surface area (Å²) < 4.78 is 10.7. The van der Waals surface area contributed by atoms with Gasteiger partial charge in [-0.25, -0.2) is 0 Å². The SMILES string of the molecule is Cc1ccccc1C[NH2+]Cc1ccc2c(c1)OCO2. The first-order valence-electron chi connectivity index (χ1n) is 6.57. The van der Waals surface area contributed by atoms with E-state index in [1.165, 1.54) is 16.7 Å². The molecule has 0 atom stereocenters. The Morgan fingerprint density at radius 3 is 2.74 bits per heavy atom. The van der Waals surface area contributed by atoms with Gasteiger partial charge in [0.1, 0.15) is 13.1 Å². The molecule has 0 amide bonds. The van der Waals surface area contributed by atoms with Gasteiger partial charge in [-0.3, -0.25) is 0 Å². The molecule has 0 bridgehead atoms. The second kappa shape index (κ2) is 5.33. The predicted octanol–water partition coefficient (Wildman–Crippen LogP) is 1.99. The highest BCUT2D eigenvalue weighted by atomic mass is 16.7. The lowest BCUT2D eigenvalue weighted by Crippen LogP contribution is -2.80. The summed E-state index contributed by atoms with van der Waals surface area (Å²) in [6.45, 7) is 4.45. The number of hydrogen-bond donors (Lipinski definition) is 1. The Morgan fingerprint density at radius 1 is 1.00 bits per heavy atom. The normalized spacial score (nSPS) is 12.7. The van der Waals surface area contributed by atoms with Crippen molar-refractivity contribution in [1.29, 1.82) is 0 Å². The first-order valence-corrected chi connectivity index (χ1v) is 6.57. The topological polar surface area (TPSA) is 35.1 Å². The molecule has 0 saturated heterocycles. The molecular formula is C16H18NO2+. The molecule has 1 heterocycles. The number of rotatable bonds is 4. The van der Waals surface area contributed by atoms with Gasteiger partial charge in [0.05, 0.1) is 0 Å². The van der Waals surface area contributed by atoms with Crippen LogP contribution in [0, 0.1) is 6.92 Å². The van der Waals surface area contributed by atoms with Crippen molar-refractivity contribution >= 4 is 0 Å². The van der Waals surface area contributed by atoms with Crippen LogP contribution >= 0.6 is 0 Å². The van der Waals surface area contributed by atoms with Gasteiger partial charge < -0.3 is 14.8 Å². The summed E-state index contributed by atoms with van der Waals surface area (Å²) in [5.74, 6) is 1.71. The van der Waals surface area contributed by atoms with Crippen LogP contribution in [0.15, 0.2) is 42.5 Å². The zero-order chi connectivity index (χ0) is 13.1. The highest BCUT2D eigenvalue weighted by molar-refractivity contribution is 5.44. The summed E-state index contributed by atoms with van der Waals surface area (Å²) in [7, 11) is 0. The van der Waals surface area contributed by atoms with Crippen molar-refractivity contribution in [3.05, 3.63) is 59.2 Å². The van der Waals surface area contributed by atoms with E-state index in [2.05, 4.69) is 48.6 Å². The lowest BCUT2D eigenvalue weighted by atomic mass is 10.1. The molecule has 19 heavy (non-hydrogen) atoms. The first kappa shape index (κ1) is 12.1. The molecule has 2 N–H and O–H groups in total. The van der Waals surface area contributed by atoms with Crippen LogP contribution in [-0.4, -0.2) is 6.79 Å². The number of aryl methyl sites for hydroxylation is 1. The standard InChI is InChI=1S/C16H17NO2/c1-12-4-2-3-5-14(12)10-17-9-13-6-7-15-16(8-13)19-11-18-15/h2-8,17H,9-11H2,1H3/p+1. The number of nitrogens with two attached hydrogens (primary N) is 1. The van der Waals surface area contributed by atoms with Crippen LogP contribution in [0.5, 0.6) is 11.5 Å². The van der Waals surface area contributed by atoms with Crippen molar-refractivity contribution in [2.24, 2.45) is 0 Å². The molecular weight excluding hydrogens is 238 g/mol. The van der Waals surface area contributed by atoms with Crippen molar-refractivity contribution < 1.29 is 14.8 Å². The minimum atomic E-state index is 0.339. The van der Waals surface area contributed by atoms with E-state index in [4.69, 9.17) is 9.47 Å². The third-order valence-electron chi connectivity index (χ3n) is 3.44. The lowest BCUT2D eigenvalue weighted by molar-refractivity contribution is -0.686. The molecule has 0 aromatic heterocycles. The fourth-order valence-electron chi connectivity index (χ4n) is 2.30. The predicted molar refractivity (Wildman–Crippen MR) is 73.1 cm³/mol. The first-order chi connectivity index (χ1) is 9.33. The average Bonchev–Trinajstić information content (AvgIpc) is 2.88. The van der Waals surface area contributed by atoms with Crippen LogP contribution in [0.3, 0.4) is 0 Å². The number of ether oxygens (including phenoxy) is 2. The van der Waals surface area contributed by atoms with Gasteiger partial charge in [-0.05, 0) is 30.7 Å². The molecule has 0 radical (unpaired) electrons. The zero-order valence-corrected chi connectivity index (χ0v) is 11.1. The van der Waals surface area contributed by atoms with Crippen molar-refractivity contribution in [1.82, 2.24) is 0 Å². The molecule has 2 aromatic carbocycles. The smallest absolute Gasteiger partial charge is 0.231 e. The molecule has 98 valence electrons. The van der Waals surface area contributed by atoms with E-state index >= 15 is 0 Å². The maximum absolute atomic E-state index is 5.39. The quantitative estimate of drug-likeness (QED) is 0.908. The van der Waals surface area contributed by atoms with E-state index in [1.807, 2.05) is 6.07 Å². The monoisotopic (exact) mass is 256 g/mol. The maximum atomic E-state index is 5.39. The van der Waals surface area contributed by atoms with Crippen LogP contribution < -0.4 is 14.8 Å². The molecule has 3 heteroatoms. The number of quaternary nitrogens is 1. The molecule has 3 rings (SSSR count). The van der Waals surface area contributed by atoms with Crippen LogP contribution in [0.4, 0.5) is 0 Å². The number of benzene rings is 2. The molecule has 0 aliphatic carbocycles. The Bertz CT molecular complexity index is 581.